The molecule has 0 saturated carbocycles. The molecule has 0 spiro atoms. The van der Waals surface area contributed by atoms with Crippen LogP contribution < -0.4 is 10.9 Å². The Hall–Kier alpha value is -2.40. The first kappa shape index (κ1) is 17.0. The van der Waals surface area contributed by atoms with Crippen molar-refractivity contribution in [2.45, 2.75) is 19.9 Å². The zero-order valence-electron chi connectivity index (χ0n) is 14.0. The summed E-state index contributed by atoms with van der Waals surface area (Å²) in [6.07, 6.45) is 0. The lowest BCUT2D eigenvalue weighted by molar-refractivity contribution is 0.0940. The number of amides is 1. The Labute approximate surface area is 136 Å². The van der Waals surface area contributed by atoms with Gasteiger partial charge < -0.3 is 15.2 Å². The van der Waals surface area contributed by atoms with Crippen LogP contribution in [0.2, 0.25) is 0 Å². The van der Waals surface area contributed by atoms with Gasteiger partial charge >= 0.3 is 0 Å². The van der Waals surface area contributed by atoms with Gasteiger partial charge in [-0.25, -0.2) is 0 Å². The van der Waals surface area contributed by atoms with Crippen LogP contribution in [-0.4, -0.2) is 36.4 Å². The van der Waals surface area contributed by atoms with Gasteiger partial charge in [0.25, 0.3) is 11.5 Å². The van der Waals surface area contributed by atoms with Crippen molar-refractivity contribution in [1.29, 1.82) is 0 Å². The number of aryl methyl sites for hydroxylation is 2. The van der Waals surface area contributed by atoms with Crippen molar-refractivity contribution < 1.29 is 4.79 Å². The zero-order valence-corrected chi connectivity index (χ0v) is 14.0. The summed E-state index contributed by atoms with van der Waals surface area (Å²) < 4.78 is 0. The van der Waals surface area contributed by atoms with E-state index in [-0.39, 0.29) is 23.1 Å². The maximum Gasteiger partial charge on any atom is 0.260 e. The van der Waals surface area contributed by atoms with E-state index in [4.69, 9.17) is 0 Å². The van der Waals surface area contributed by atoms with Crippen LogP contribution in [0.4, 0.5) is 0 Å². The van der Waals surface area contributed by atoms with Crippen LogP contribution in [0.1, 0.15) is 33.2 Å². The minimum atomic E-state index is -0.362. The van der Waals surface area contributed by atoms with Crippen molar-refractivity contribution in [2.24, 2.45) is 0 Å². The van der Waals surface area contributed by atoms with Crippen LogP contribution in [0, 0.1) is 13.8 Å². The molecule has 0 saturated heterocycles. The Kier molecular flexibility index (Phi) is 5.34. The molecule has 2 aromatic rings. The fourth-order valence-corrected chi connectivity index (χ4v) is 2.42. The van der Waals surface area contributed by atoms with Gasteiger partial charge in [-0.15, -0.1) is 0 Å². The molecule has 0 aliphatic carbocycles. The van der Waals surface area contributed by atoms with Crippen molar-refractivity contribution in [3.63, 3.8) is 0 Å². The fourth-order valence-electron chi connectivity index (χ4n) is 2.42. The van der Waals surface area contributed by atoms with Crippen LogP contribution in [0.5, 0.6) is 0 Å². The third-order valence-corrected chi connectivity index (χ3v) is 3.84. The second-order valence-electron chi connectivity index (χ2n) is 5.98. The van der Waals surface area contributed by atoms with Gasteiger partial charge in [-0.1, -0.05) is 29.8 Å². The summed E-state index contributed by atoms with van der Waals surface area (Å²) in [6, 6.07) is 11.6. The molecule has 0 unspecified atom stereocenters. The lowest BCUT2D eigenvalue weighted by atomic mass is 10.0. The number of hydrogen-bond acceptors (Lipinski definition) is 3. The lowest BCUT2D eigenvalue weighted by Crippen LogP contribution is -2.36. The Morgan fingerprint density at radius 3 is 2.35 bits per heavy atom. The predicted molar refractivity (Wildman–Crippen MR) is 91.7 cm³/mol. The molecular formula is C18H23N3O2. The molecule has 5 heteroatoms. The molecule has 2 N–H and O–H groups in total. The number of benzene rings is 1. The molecule has 1 aromatic carbocycles. The van der Waals surface area contributed by atoms with E-state index in [1.807, 2.05) is 25.9 Å². The molecule has 0 fully saturated rings. The van der Waals surface area contributed by atoms with Gasteiger partial charge in [-0.2, -0.15) is 0 Å². The van der Waals surface area contributed by atoms with Crippen LogP contribution >= 0.6 is 0 Å². The first-order valence-electron chi connectivity index (χ1n) is 7.59. The van der Waals surface area contributed by atoms with Gasteiger partial charge in [0.15, 0.2) is 0 Å². The maximum absolute atomic E-state index is 12.2. The number of rotatable bonds is 5. The zero-order chi connectivity index (χ0) is 17.0. The summed E-state index contributed by atoms with van der Waals surface area (Å²) in [6.45, 7) is 4.25. The number of carbonyl (C=O) groups is 1. The van der Waals surface area contributed by atoms with Crippen molar-refractivity contribution in [3.05, 3.63) is 69.1 Å². The van der Waals surface area contributed by atoms with E-state index in [1.165, 1.54) is 5.56 Å². The van der Waals surface area contributed by atoms with E-state index >= 15 is 0 Å². The highest BCUT2D eigenvalue weighted by Gasteiger charge is 2.17. The number of carbonyl (C=O) groups excluding carboxylic acids is 1. The summed E-state index contributed by atoms with van der Waals surface area (Å²) >= 11 is 0. The number of nitrogens with zero attached hydrogens (tertiary/aromatic N) is 1. The van der Waals surface area contributed by atoms with Gasteiger partial charge in [0.1, 0.15) is 5.56 Å². The fraction of sp³-hybridized carbons (Fsp3) is 0.333. The smallest absolute Gasteiger partial charge is 0.260 e. The van der Waals surface area contributed by atoms with Crippen molar-refractivity contribution in [2.75, 3.05) is 20.6 Å². The summed E-state index contributed by atoms with van der Waals surface area (Å²) in [7, 11) is 3.94. The molecule has 122 valence electrons. The van der Waals surface area contributed by atoms with Gasteiger partial charge in [-0.05, 0) is 45.6 Å². The minimum Gasteiger partial charge on any atom is -0.350 e. The normalized spacial score (nSPS) is 12.2. The average Bonchev–Trinajstić information content (AvgIpc) is 2.48. The molecule has 5 nitrogen and oxygen atoms in total. The monoisotopic (exact) mass is 313 g/mol. The number of likely N-dealkylation sites (N-methyl/N-ethyl adjacent to an activating group) is 1. The topological polar surface area (TPSA) is 65.2 Å². The molecule has 0 aliphatic rings. The molecule has 1 aromatic heterocycles. The minimum absolute atomic E-state index is 0.0454. The van der Waals surface area contributed by atoms with E-state index in [2.05, 4.69) is 34.6 Å². The van der Waals surface area contributed by atoms with Gasteiger partial charge in [0.05, 0.1) is 6.04 Å². The SMILES string of the molecule is Cc1ccc([C@H](CNC(=O)c2ccc(C)[nH]c2=O)N(C)C)cc1. The number of H-pyrrole nitrogens is 1. The molecule has 23 heavy (non-hydrogen) atoms. The highest BCUT2D eigenvalue weighted by atomic mass is 16.2. The molecule has 0 aliphatic heterocycles. The predicted octanol–water partition coefficient (Wildman–Crippen LogP) is 2.02. The Morgan fingerprint density at radius 2 is 1.78 bits per heavy atom. The quantitative estimate of drug-likeness (QED) is 0.887. The largest absolute Gasteiger partial charge is 0.350 e. The van der Waals surface area contributed by atoms with Crippen molar-refractivity contribution in [3.8, 4) is 0 Å². The standard InChI is InChI=1S/C18H23N3O2/c1-12-5-8-14(9-6-12)16(21(3)4)11-19-17(22)15-10-7-13(2)20-18(15)23/h5-10,16H,11H2,1-4H3,(H,19,22)(H,20,23)/t16-/m0/s1. The number of aromatic nitrogens is 1. The number of hydrogen-bond donors (Lipinski definition) is 2. The van der Waals surface area contributed by atoms with Crippen LogP contribution in [0.15, 0.2) is 41.2 Å². The first-order valence-corrected chi connectivity index (χ1v) is 7.59. The third-order valence-electron chi connectivity index (χ3n) is 3.84. The van der Waals surface area contributed by atoms with E-state index in [0.29, 0.717) is 6.54 Å². The maximum atomic E-state index is 12.2. The number of aromatic amines is 1. The van der Waals surface area contributed by atoms with Crippen LogP contribution in [0.25, 0.3) is 0 Å². The Morgan fingerprint density at radius 1 is 1.13 bits per heavy atom. The number of pyridine rings is 1. The van der Waals surface area contributed by atoms with Crippen LogP contribution in [0.3, 0.4) is 0 Å². The van der Waals surface area contributed by atoms with Gasteiger partial charge in [0, 0.05) is 12.2 Å². The highest BCUT2D eigenvalue weighted by molar-refractivity contribution is 5.93. The van der Waals surface area contributed by atoms with Crippen LogP contribution in [-0.2, 0) is 0 Å². The molecule has 1 heterocycles. The number of nitrogens with one attached hydrogen (secondary N) is 2. The second-order valence-corrected chi connectivity index (χ2v) is 5.98. The lowest BCUT2D eigenvalue weighted by Gasteiger charge is -2.25. The Balaban J connectivity index is 2.11. The van der Waals surface area contributed by atoms with Crippen molar-refractivity contribution in [1.82, 2.24) is 15.2 Å². The molecule has 0 bridgehead atoms. The van der Waals surface area contributed by atoms with E-state index in [1.54, 1.807) is 19.1 Å². The molecule has 2 rings (SSSR count). The Bertz CT molecular complexity index is 733. The van der Waals surface area contributed by atoms with Gasteiger partial charge in [-0.3, -0.25) is 9.59 Å². The summed E-state index contributed by atoms with van der Waals surface area (Å²) in [4.78, 5) is 28.8. The molecular weight excluding hydrogens is 290 g/mol. The summed E-state index contributed by atoms with van der Waals surface area (Å²) in [5.74, 6) is -0.356. The second kappa shape index (κ2) is 7.24. The summed E-state index contributed by atoms with van der Waals surface area (Å²) in [5, 5.41) is 2.85. The van der Waals surface area contributed by atoms with Gasteiger partial charge in [0.2, 0.25) is 0 Å². The average molecular weight is 313 g/mol. The molecule has 1 atom stereocenters. The first-order chi connectivity index (χ1) is 10.9. The highest BCUT2D eigenvalue weighted by Crippen LogP contribution is 2.18. The van der Waals surface area contributed by atoms with E-state index in [0.717, 1.165) is 11.3 Å². The molecule has 0 radical (unpaired) electrons. The third kappa shape index (κ3) is 4.29. The van der Waals surface area contributed by atoms with E-state index < -0.39 is 0 Å². The van der Waals surface area contributed by atoms with E-state index in [9.17, 15) is 9.59 Å². The summed E-state index contributed by atoms with van der Waals surface area (Å²) in [5.41, 5.74) is 2.83. The van der Waals surface area contributed by atoms with Crippen molar-refractivity contribution >= 4 is 5.91 Å². The molecule has 1 amide bonds.